The van der Waals surface area contributed by atoms with Crippen molar-refractivity contribution < 1.29 is 17.9 Å². The highest BCUT2D eigenvalue weighted by atomic mass is 32.2. The van der Waals surface area contributed by atoms with Crippen molar-refractivity contribution in [3.05, 3.63) is 59.9 Å². The summed E-state index contributed by atoms with van der Waals surface area (Å²) in [6, 6.07) is 10.9. The number of carbonyl (C=O) groups is 1. The minimum Gasteiger partial charge on any atom is -0.464 e. The molecule has 0 unspecified atom stereocenters. The van der Waals surface area contributed by atoms with Crippen molar-refractivity contribution in [3.63, 3.8) is 0 Å². The Morgan fingerprint density at radius 2 is 1.92 bits per heavy atom. The third-order valence-electron chi connectivity index (χ3n) is 3.35. The molecule has 1 aromatic carbocycles. The average Bonchev–Trinajstić information content (AvgIpc) is 2.55. The number of benzene rings is 1. The Hall–Kier alpha value is -2.25. The Bertz CT molecular complexity index is 774. The summed E-state index contributed by atoms with van der Waals surface area (Å²) >= 11 is 0. The van der Waals surface area contributed by atoms with Crippen molar-refractivity contribution in [1.82, 2.24) is 9.71 Å². The predicted octanol–water partition coefficient (Wildman–Crippen LogP) is 1.84. The Morgan fingerprint density at radius 1 is 1.21 bits per heavy atom. The fourth-order valence-corrected chi connectivity index (χ4v) is 3.19. The van der Waals surface area contributed by atoms with E-state index in [1.807, 2.05) is 19.1 Å². The van der Waals surface area contributed by atoms with E-state index < -0.39 is 22.0 Å². The molecule has 0 amide bonds. The topological polar surface area (TPSA) is 85.4 Å². The van der Waals surface area contributed by atoms with Gasteiger partial charge in [-0.25, -0.2) is 8.42 Å². The van der Waals surface area contributed by atoms with E-state index in [1.54, 1.807) is 24.4 Å². The predicted molar refractivity (Wildman–Crippen MR) is 89.9 cm³/mol. The molecule has 128 valence electrons. The van der Waals surface area contributed by atoms with Gasteiger partial charge in [-0.05, 0) is 38.1 Å². The Morgan fingerprint density at radius 3 is 2.54 bits per heavy atom. The monoisotopic (exact) mass is 348 g/mol. The molecule has 1 N–H and O–H groups in total. The summed E-state index contributed by atoms with van der Waals surface area (Å²) in [7, 11) is -3.76. The van der Waals surface area contributed by atoms with Crippen molar-refractivity contribution >= 4 is 16.0 Å². The zero-order valence-corrected chi connectivity index (χ0v) is 14.4. The SMILES string of the molecule is Cc1ccc(S(=O)(=O)N[C@H](C)C(=O)OCCc2ccccn2)cc1. The molecule has 2 rings (SSSR count). The van der Waals surface area contributed by atoms with E-state index in [-0.39, 0.29) is 11.5 Å². The number of aromatic nitrogens is 1. The standard InChI is InChI=1S/C17H20N2O4S/c1-13-6-8-16(9-7-13)24(21,22)19-14(2)17(20)23-12-10-15-5-3-4-11-18-15/h3-9,11,14,19H,10,12H2,1-2H3/t14-/m1/s1. The van der Waals surface area contributed by atoms with Crippen LogP contribution in [0, 0.1) is 6.92 Å². The maximum Gasteiger partial charge on any atom is 0.323 e. The lowest BCUT2D eigenvalue weighted by molar-refractivity contribution is -0.145. The zero-order chi connectivity index (χ0) is 17.6. The van der Waals surface area contributed by atoms with Crippen molar-refractivity contribution in [1.29, 1.82) is 0 Å². The number of hydrogen-bond donors (Lipinski definition) is 1. The summed E-state index contributed by atoms with van der Waals surface area (Å²) in [5, 5.41) is 0. The van der Waals surface area contributed by atoms with E-state index in [0.717, 1.165) is 11.3 Å². The van der Waals surface area contributed by atoms with Crippen molar-refractivity contribution in [3.8, 4) is 0 Å². The van der Waals surface area contributed by atoms with Crippen LogP contribution in [-0.2, 0) is 26.0 Å². The lowest BCUT2D eigenvalue weighted by Gasteiger charge is -2.14. The molecule has 1 heterocycles. The fraction of sp³-hybridized carbons (Fsp3) is 0.294. The molecule has 0 fully saturated rings. The summed E-state index contributed by atoms with van der Waals surface area (Å²) in [5.41, 5.74) is 1.76. The Balaban J connectivity index is 1.87. The fourth-order valence-electron chi connectivity index (χ4n) is 1.99. The van der Waals surface area contributed by atoms with E-state index in [9.17, 15) is 13.2 Å². The van der Waals surface area contributed by atoms with Gasteiger partial charge in [0, 0.05) is 18.3 Å². The largest absolute Gasteiger partial charge is 0.464 e. The molecule has 0 aliphatic heterocycles. The van der Waals surface area contributed by atoms with Crippen LogP contribution < -0.4 is 4.72 Å². The second-order valence-electron chi connectivity index (χ2n) is 5.39. The summed E-state index contributed by atoms with van der Waals surface area (Å²) in [4.78, 5) is 16.2. The van der Waals surface area contributed by atoms with Gasteiger partial charge in [-0.3, -0.25) is 9.78 Å². The first-order valence-electron chi connectivity index (χ1n) is 7.54. The molecule has 2 aromatic rings. The molecule has 6 nitrogen and oxygen atoms in total. The number of aryl methyl sites for hydroxylation is 1. The molecule has 1 aromatic heterocycles. The lowest BCUT2D eigenvalue weighted by atomic mass is 10.2. The first kappa shape index (κ1) is 18.1. The van der Waals surface area contributed by atoms with Gasteiger partial charge in [-0.1, -0.05) is 23.8 Å². The van der Waals surface area contributed by atoms with Gasteiger partial charge in [0.15, 0.2) is 0 Å². The van der Waals surface area contributed by atoms with Crippen LogP contribution in [0.15, 0.2) is 53.6 Å². The van der Waals surface area contributed by atoms with Gasteiger partial charge in [-0.15, -0.1) is 0 Å². The number of ether oxygens (including phenoxy) is 1. The van der Waals surface area contributed by atoms with Crippen molar-refractivity contribution in [2.24, 2.45) is 0 Å². The van der Waals surface area contributed by atoms with E-state index in [0.29, 0.717) is 6.42 Å². The molecule has 0 aliphatic carbocycles. The zero-order valence-electron chi connectivity index (χ0n) is 13.6. The highest BCUT2D eigenvalue weighted by molar-refractivity contribution is 7.89. The number of nitrogens with zero attached hydrogens (tertiary/aromatic N) is 1. The van der Waals surface area contributed by atoms with Crippen molar-refractivity contribution in [2.45, 2.75) is 31.2 Å². The smallest absolute Gasteiger partial charge is 0.323 e. The second-order valence-corrected chi connectivity index (χ2v) is 7.11. The first-order valence-corrected chi connectivity index (χ1v) is 9.02. The highest BCUT2D eigenvalue weighted by Gasteiger charge is 2.22. The van der Waals surface area contributed by atoms with Crippen LogP contribution in [-0.4, -0.2) is 32.0 Å². The quantitative estimate of drug-likeness (QED) is 0.772. The first-order chi connectivity index (χ1) is 11.4. The van der Waals surface area contributed by atoms with Crippen LogP contribution >= 0.6 is 0 Å². The third-order valence-corrected chi connectivity index (χ3v) is 4.90. The van der Waals surface area contributed by atoms with Crippen LogP contribution in [0.3, 0.4) is 0 Å². The highest BCUT2D eigenvalue weighted by Crippen LogP contribution is 2.10. The summed E-state index contributed by atoms with van der Waals surface area (Å²) in [6.07, 6.45) is 2.14. The van der Waals surface area contributed by atoms with E-state index in [1.165, 1.54) is 19.1 Å². The Labute approximate surface area is 141 Å². The third kappa shape index (κ3) is 5.14. The van der Waals surface area contributed by atoms with Crippen LogP contribution in [0.4, 0.5) is 0 Å². The number of esters is 1. The lowest BCUT2D eigenvalue weighted by Crippen LogP contribution is -2.39. The number of pyridine rings is 1. The van der Waals surface area contributed by atoms with Crippen molar-refractivity contribution in [2.75, 3.05) is 6.61 Å². The molecular formula is C17H20N2O4S. The molecule has 7 heteroatoms. The molecule has 1 atom stereocenters. The van der Waals surface area contributed by atoms with Crippen LogP contribution in [0.2, 0.25) is 0 Å². The molecular weight excluding hydrogens is 328 g/mol. The minimum absolute atomic E-state index is 0.112. The van der Waals surface area contributed by atoms with Crippen LogP contribution in [0.1, 0.15) is 18.2 Å². The summed E-state index contributed by atoms with van der Waals surface area (Å²) in [6.45, 7) is 3.46. The summed E-state index contributed by atoms with van der Waals surface area (Å²) in [5.74, 6) is -0.624. The molecule has 0 bridgehead atoms. The minimum atomic E-state index is -3.76. The van der Waals surface area contributed by atoms with E-state index in [2.05, 4.69) is 9.71 Å². The van der Waals surface area contributed by atoms with Crippen LogP contribution in [0.5, 0.6) is 0 Å². The molecule has 0 spiro atoms. The van der Waals surface area contributed by atoms with Gasteiger partial charge >= 0.3 is 5.97 Å². The second kappa shape index (κ2) is 8.03. The van der Waals surface area contributed by atoms with Crippen LogP contribution in [0.25, 0.3) is 0 Å². The number of carbonyl (C=O) groups excluding carboxylic acids is 1. The van der Waals surface area contributed by atoms with Gasteiger partial charge < -0.3 is 4.74 Å². The number of nitrogens with one attached hydrogen (secondary N) is 1. The molecule has 0 saturated heterocycles. The maximum atomic E-state index is 12.2. The number of rotatable bonds is 7. The number of sulfonamides is 1. The van der Waals surface area contributed by atoms with E-state index >= 15 is 0 Å². The normalized spacial score (nSPS) is 12.6. The maximum absolute atomic E-state index is 12.2. The average molecular weight is 348 g/mol. The molecule has 24 heavy (non-hydrogen) atoms. The van der Waals surface area contributed by atoms with E-state index in [4.69, 9.17) is 4.74 Å². The van der Waals surface area contributed by atoms with Gasteiger partial charge in [-0.2, -0.15) is 4.72 Å². The van der Waals surface area contributed by atoms with Gasteiger partial charge in [0.2, 0.25) is 10.0 Å². The molecule has 0 aliphatic rings. The Kier molecular flexibility index (Phi) is 6.05. The van der Waals surface area contributed by atoms with Gasteiger partial charge in [0.1, 0.15) is 6.04 Å². The molecule has 0 saturated carbocycles. The van der Waals surface area contributed by atoms with Gasteiger partial charge in [0.05, 0.1) is 11.5 Å². The molecule has 0 radical (unpaired) electrons. The summed E-state index contributed by atoms with van der Waals surface area (Å²) < 4.78 is 31.9. The van der Waals surface area contributed by atoms with Gasteiger partial charge in [0.25, 0.3) is 0 Å². The number of hydrogen-bond acceptors (Lipinski definition) is 5.